The maximum Gasteiger partial charge on any atom is 0.453 e. The van der Waals surface area contributed by atoms with Gasteiger partial charge in [0.25, 0.3) is 5.76 Å². The van der Waals surface area contributed by atoms with Crippen molar-refractivity contribution in [1.29, 1.82) is 0 Å². The van der Waals surface area contributed by atoms with Gasteiger partial charge in [0.15, 0.2) is 0 Å². The third kappa shape index (κ3) is 5.14. The van der Waals surface area contributed by atoms with E-state index in [1.165, 1.54) is 49.6 Å². The van der Waals surface area contributed by atoms with Crippen LogP contribution in [0.5, 0.6) is 23.0 Å². The number of ether oxygens (including phenoxy) is 3. The highest BCUT2D eigenvalue weighted by atomic mass is 79.9. The molecule has 0 spiro atoms. The zero-order valence-corrected chi connectivity index (χ0v) is 18.7. The highest BCUT2D eigenvalue weighted by molar-refractivity contribution is 9.10. The Morgan fingerprint density at radius 1 is 0.939 bits per heavy atom. The lowest BCUT2D eigenvalue weighted by Gasteiger charge is -2.14. The Hall–Kier alpha value is -3.46. The number of methoxy groups -OCH3 is 1. The first kappa shape index (κ1) is 22.7. The van der Waals surface area contributed by atoms with Crippen LogP contribution in [0.1, 0.15) is 11.3 Å². The molecule has 0 aliphatic heterocycles. The highest BCUT2D eigenvalue weighted by Gasteiger charge is 2.40. The third-order valence-electron chi connectivity index (χ3n) is 4.65. The summed E-state index contributed by atoms with van der Waals surface area (Å²) in [5, 5.41) is -0.0682. The van der Waals surface area contributed by atoms with Crippen molar-refractivity contribution in [3.05, 3.63) is 92.7 Å². The molecular formula is C24H16BrF3O5. The van der Waals surface area contributed by atoms with Gasteiger partial charge in [-0.15, -0.1) is 0 Å². The molecular weight excluding hydrogens is 505 g/mol. The standard InChI is InChI=1S/C24H16BrF3O5/c1-30-16-5-7-17(8-6-16)32-22-21(29)19-10-9-18(12-20(19)33-23(22)24(26,27)28)31-13-14-3-2-4-15(25)11-14/h2-12H,13H2,1H3. The first-order chi connectivity index (χ1) is 15.7. The quantitative estimate of drug-likeness (QED) is 0.275. The van der Waals surface area contributed by atoms with Gasteiger partial charge in [-0.2, -0.15) is 13.2 Å². The van der Waals surface area contributed by atoms with Gasteiger partial charge in [-0.25, -0.2) is 0 Å². The molecule has 0 aliphatic rings. The number of hydrogen-bond acceptors (Lipinski definition) is 5. The van der Waals surface area contributed by atoms with Crippen molar-refractivity contribution >= 4 is 26.9 Å². The van der Waals surface area contributed by atoms with Crippen molar-refractivity contribution in [2.45, 2.75) is 12.8 Å². The van der Waals surface area contributed by atoms with Gasteiger partial charge in [-0.3, -0.25) is 4.79 Å². The fourth-order valence-corrected chi connectivity index (χ4v) is 3.53. The smallest absolute Gasteiger partial charge is 0.453 e. The van der Waals surface area contributed by atoms with Gasteiger partial charge in [-0.1, -0.05) is 28.1 Å². The number of fused-ring (bicyclic) bond motifs is 1. The lowest BCUT2D eigenvalue weighted by molar-refractivity contribution is -0.154. The lowest BCUT2D eigenvalue weighted by Crippen LogP contribution is -2.15. The minimum atomic E-state index is -4.96. The molecule has 0 saturated carbocycles. The molecule has 5 nitrogen and oxygen atoms in total. The number of rotatable bonds is 6. The molecule has 170 valence electrons. The van der Waals surface area contributed by atoms with Crippen LogP contribution in [0.3, 0.4) is 0 Å². The van der Waals surface area contributed by atoms with Crippen LogP contribution in [0.25, 0.3) is 11.0 Å². The fraction of sp³-hybridized carbons (Fsp3) is 0.125. The van der Waals surface area contributed by atoms with E-state index in [-0.39, 0.29) is 29.1 Å². The summed E-state index contributed by atoms with van der Waals surface area (Å²) in [4.78, 5) is 12.9. The third-order valence-corrected chi connectivity index (χ3v) is 5.15. The average Bonchev–Trinajstić information content (AvgIpc) is 2.79. The van der Waals surface area contributed by atoms with Crippen LogP contribution in [0, 0.1) is 0 Å². The summed E-state index contributed by atoms with van der Waals surface area (Å²) in [6.07, 6.45) is -4.96. The molecule has 9 heteroatoms. The van der Waals surface area contributed by atoms with Crippen LogP contribution in [0.4, 0.5) is 13.2 Å². The molecule has 0 radical (unpaired) electrons. The molecule has 4 aromatic rings. The number of halogens is 4. The Morgan fingerprint density at radius 3 is 2.30 bits per heavy atom. The molecule has 1 heterocycles. The van der Waals surface area contributed by atoms with Crippen LogP contribution in [-0.2, 0) is 12.8 Å². The van der Waals surface area contributed by atoms with Crippen LogP contribution >= 0.6 is 15.9 Å². The first-order valence-electron chi connectivity index (χ1n) is 9.62. The second kappa shape index (κ2) is 9.19. The summed E-state index contributed by atoms with van der Waals surface area (Å²) >= 11 is 3.36. The van der Waals surface area contributed by atoms with E-state index in [2.05, 4.69) is 15.9 Å². The molecule has 0 unspecified atom stereocenters. The predicted molar refractivity (Wildman–Crippen MR) is 119 cm³/mol. The Morgan fingerprint density at radius 2 is 1.64 bits per heavy atom. The number of hydrogen-bond donors (Lipinski definition) is 0. The fourth-order valence-electron chi connectivity index (χ4n) is 3.08. The molecule has 0 atom stereocenters. The molecule has 0 amide bonds. The van der Waals surface area contributed by atoms with Crippen molar-refractivity contribution in [2.75, 3.05) is 7.11 Å². The molecule has 4 rings (SSSR count). The largest absolute Gasteiger partial charge is 0.497 e. The minimum Gasteiger partial charge on any atom is -0.497 e. The normalized spacial score (nSPS) is 11.4. The summed E-state index contributed by atoms with van der Waals surface area (Å²) in [6.45, 7) is 0.181. The first-order valence-corrected chi connectivity index (χ1v) is 10.4. The van der Waals surface area contributed by atoms with Crippen LogP contribution < -0.4 is 19.6 Å². The van der Waals surface area contributed by atoms with Crippen LogP contribution in [0.2, 0.25) is 0 Å². The molecule has 0 N–H and O–H groups in total. The topological polar surface area (TPSA) is 57.9 Å². The van der Waals surface area contributed by atoms with E-state index in [4.69, 9.17) is 18.6 Å². The van der Waals surface area contributed by atoms with Crippen LogP contribution in [0.15, 0.2) is 80.4 Å². The lowest BCUT2D eigenvalue weighted by atomic mass is 10.2. The molecule has 0 fully saturated rings. The van der Waals surface area contributed by atoms with E-state index >= 15 is 0 Å². The monoisotopic (exact) mass is 520 g/mol. The molecule has 3 aromatic carbocycles. The molecule has 0 aliphatic carbocycles. The summed E-state index contributed by atoms with van der Waals surface area (Å²) in [7, 11) is 1.45. The maximum absolute atomic E-state index is 13.7. The Labute approximate surface area is 194 Å². The van der Waals surface area contributed by atoms with E-state index in [0.717, 1.165) is 10.0 Å². The Balaban J connectivity index is 1.70. The second-order valence-electron chi connectivity index (χ2n) is 6.94. The summed E-state index contributed by atoms with van der Waals surface area (Å²) in [5.74, 6) is -1.70. The van der Waals surface area contributed by atoms with Crippen molar-refractivity contribution in [1.82, 2.24) is 0 Å². The van der Waals surface area contributed by atoms with E-state index in [1.54, 1.807) is 0 Å². The second-order valence-corrected chi connectivity index (χ2v) is 7.86. The van der Waals surface area contributed by atoms with Crippen LogP contribution in [-0.4, -0.2) is 7.11 Å². The zero-order valence-electron chi connectivity index (χ0n) is 17.1. The average molecular weight is 521 g/mol. The summed E-state index contributed by atoms with van der Waals surface area (Å²) in [5.41, 5.74) is -0.357. The van der Waals surface area contributed by atoms with Gasteiger partial charge in [0, 0.05) is 10.5 Å². The van der Waals surface area contributed by atoms with Crippen molar-refractivity contribution in [3.8, 4) is 23.0 Å². The van der Waals surface area contributed by atoms with Crippen molar-refractivity contribution in [3.63, 3.8) is 0 Å². The molecule has 1 aromatic heterocycles. The van der Waals surface area contributed by atoms with E-state index in [0.29, 0.717) is 5.75 Å². The highest BCUT2D eigenvalue weighted by Crippen LogP contribution is 2.39. The van der Waals surface area contributed by atoms with Gasteiger partial charge >= 0.3 is 6.18 Å². The molecule has 0 saturated heterocycles. The zero-order chi connectivity index (χ0) is 23.6. The van der Waals surface area contributed by atoms with Crippen molar-refractivity contribution in [2.24, 2.45) is 0 Å². The number of benzene rings is 3. The summed E-state index contributed by atoms with van der Waals surface area (Å²) in [6, 6.07) is 17.3. The van der Waals surface area contributed by atoms with Gasteiger partial charge in [0.1, 0.15) is 29.4 Å². The maximum atomic E-state index is 13.7. The van der Waals surface area contributed by atoms with Gasteiger partial charge < -0.3 is 18.6 Å². The van der Waals surface area contributed by atoms with Gasteiger partial charge in [0.2, 0.25) is 11.2 Å². The summed E-state index contributed by atoms with van der Waals surface area (Å²) < 4.78 is 63.1. The van der Waals surface area contributed by atoms with Gasteiger partial charge in [-0.05, 0) is 54.1 Å². The van der Waals surface area contributed by atoms with Gasteiger partial charge in [0.05, 0.1) is 12.5 Å². The molecule has 33 heavy (non-hydrogen) atoms. The Kier molecular flexibility index (Phi) is 6.33. The van der Waals surface area contributed by atoms with E-state index < -0.39 is 23.1 Å². The Bertz CT molecular complexity index is 1350. The van der Waals surface area contributed by atoms with E-state index in [1.807, 2.05) is 24.3 Å². The molecule has 0 bridgehead atoms. The van der Waals surface area contributed by atoms with Crippen molar-refractivity contribution < 1.29 is 31.8 Å². The SMILES string of the molecule is COc1ccc(Oc2c(C(F)(F)F)oc3cc(OCc4cccc(Br)c4)ccc3c2=O)cc1. The van der Waals surface area contributed by atoms with E-state index in [9.17, 15) is 18.0 Å². The predicted octanol–water partition coefficient (Wildman–Crippen LogP) is 6.95. The number of alkyl halides is 3. The minimum absolute atomic E-state index is 0.0296.